The average Bonchev–Trinajstić information content (AvgIpc) is 2.69. The minimum Gasteiger partial charge on any atom is -0.339 e. The number of benzene rings is 1. The Kier molecular flexibility index (Phi) is 12.0. The number of rotatable bonds is 7. The molecule has 2 fully saturated rings. The highest BCUT2D eigenvalue weighted by molar-refractivity contribution is 5.85. The van der Waals surface area contributed by atoms with Crippen LogP contribution in [0.2, 0.25) is 0 Å². The van der Waals surface area contributed by atoms with Gasteiger partial charge in [0, 0.05) is 32.7 Å². The van der Waals surface area contributed by atoms with Crippen LogP contribution in [0, 0.1) is 5.92 Å². The molecule has 1 amide bonds. The lowest BCUT2D eigenvalue weighted by Crippen LogP contribution is -2.51. The minimum absolute atomic E-state index is 0. The van der Waals surface area contributed by atoms with Crippen molar-refractivity contribution in [2.24, 2.45) is 5.92 Å². The molecule has 0 spiro atoms. The van der Waals surface area contributed by atoms with E-state index in [-0.39, 0.29) is 24.8 Å². The third-order valence-corrected chi connectivity index (χ3v) is 5.84. The number of carbonyl (C=O) groups excluding carboxylic acids is 1. The molecule has 28 heavy (non-hydrogen) atoms. The molecule has 1 aromatic carbocycles. The van der Waals surface area contributed by atoms with Crippen molar-refractivity contribution in [3.8, 4) is 0 Å². The molecule has 0 aromatic heterocycles. The van der Waals surface area contributed by atoms with Gasteiger partial charge in [-0.2, -0.15) is 0 Å². The SMILES string of the molecule is CNCCC1CCN(CC(=O)N2CCN(Cc3ccccc3)CC2)CC1.Cl.Cl. The highest BCUT2D eigenvalue weighted by Gasteiger charge is 2.25. The highest BCUT2D eigenvalue weighted by Crippen LogP contribution is 2.20. The predicted octanol–water partition coefficient (Wildman–Crippen LogP) is 2.50. The summed E-state index contributed by atoms with van der Waals surface area (Å²) in [6.07, 6.45) is 3.74. The smallest absolute Gasteiger partial charge is 0.236 e. The first-order valence-corrected chi connectivity index (χ1v) is 10.2. The summed E-state index contributed by atoms with van der Waals surface area (Å²) in [5, 5.41) is 3.24. The second kappa shape index (κ2) is 13.4. The van der Waals surface area contributed by atoms with Crippen molar-refractivity contribution in [2.45, 2.75) is 25.8 Å². The Bertz CT molecular complexity index is 545. The molecule has 7 heteroatoms. The van der Waals surface area contributed by atoms with E-state index in [1.54, 1.807) is 0 Å². The van der Waals surface area contributed by atoms with Gasteiger partial charge in [-0.15, -0.1) is 24.8 Å². The molecule has 1 aromatic rings. The summed E-state index contributed by atoms with van der Waals surface area (Å²) >= 11 is 0. The maximum Gasteiger partial charge on any atom is 0.236 e. The molecule has 0 aliphatic carbocycles. The number of nitrogens with zero attached hydrogens (tertiary/aromatic N) is 3. The zero-order chi connectivity index (χ0) is 18.2. The Morgan fingerprint density at radius 3 is 2.21 bits per heavy atom. The summed E-state index contributed by atoms with van der Waals surface area (Å²) in [6.45, 7) is 8.55. The van der Waals surface area contributed by atoms with Crippen molar-refractivity contribution in [1.82, 2.24) is 20.0 Å². The molecule has 2 aliphatic heterocycles. The highest BCUT2D eigenvalue weighted by atomic mass is 35.5. The quantitative estimate of drug-likeness (QED) is 0.720. The van der Waals surface area contributed by atoms with Crippen LogP contribution in [0.15, 0.2) is 30.3 Å². The molecular formula is C21H36Cl2N4O. The van der Waals surface area contributed by atoms with Crippen molar-refractivity contribution in [1.29, 1.82) is 0 Å². The number of hydrogen-bond donors (Lipinski definition) is 1. The van der Waals surface area contributed by atoms with Crippen LogP contribution in [-0.2, 0) is 11.3 Å². The van der Waals surface area contributed by atoms with Gasteiger partial charge in [0.1, 0.15) is 0 Å². The third kappa shape index (κ3) is 7.88. The predicted molar refractivity (Wildman–Crippen MR) is 121 cm³/mol. The number of likely N-dealkylation sites (tertiary alicyclic amines) is 1. The monoisotopic (exact) mass is 430 g/mol. The number of halogens is 2. The molecule has 2 saturated heterocycles. The minimum atomic E-state index is 0. The van der Waals surface area contributed by atoms with Gasteiger partial charge >= 0.3 is 0 Å². The van der Waals surface area contributed by atoms with Crippen molar-refractivity contribution in [3.63, 3.8) is 0 Å². The van der Waals surface area contributed by atoms with E-state index in [1.807, 2.05) is 7.05 Å². The first-order valence-electron chi connectivity index (χ1n) is 10.2. The molecule has 0 bridgehead atoms. The van der Waals surface area contributed by atoms with Crippen LogP contribution in [-0.4, -0.2) is 80.0 Å². The summed E-state index contributed by atoms with van der Waals surface area (Å²) < 4.78 is 0. The third-order valence-electron chi connectivity index (χ3n) is 5.84. The summed E-state index contributed by atoms with van der Waals surface area (Å²) in [7, 11) is 2.02. The molecule has 5 nitrogen and oxygen atoms in total. The van der Waals surface area contributed by atoms with Crippen LogP contribution in [0.5, 0.6) is 0 Å². The van der Waals surface area contributed by atoms with E-state index in [2.05, 4.69) is 50.3 Å². The second-order valence-electron chi connectivity index (χ2n) is 7.75. The molecule has 3 rings (SSSR count). The van der Waals surface area contributed by atoms with Gasteiger partial charge in [0.2, 0.25) is 5.91 Å². The van der Waals surface area contributed by atoms with E-state index in [1.165, 1.54) is 24.8 Å². The van der Waals surface area contributed by atoms with Gasteiger partial charge in [-0.05, 0) is 57.4 Å². The van der Waals surface area contributed by atoms with E-state index in [0.717, 1.165) is 58.3 Å². The first kappa shape index (κ1) is 25.2. The molecule has 2 aliphatic rings. The van der Waals surface area contributed by atoms with Gasteiger partial charge in [0.05, 0.1) is 6.54 Å². The van der Waals surface area contributed by atoms with Crippen molar-refractivity contribution in [2.75, 3.05) is 59.4 Å². The normalized spacial score (nSPS) is 19.0. The number of piperidine rings is 1. The zero-order valence-corrected chi connectivity index (χ0v) is 18.6. The van der Waals surface area contributed by atoms with Crippen LogP contribution in [0.1, 0.15) is 24.8 Å². The summed E-state index contributed by atoms with van der Waals surface area (Å²) in [5.74, 6) is 1.15. The largest absolute Gasteiger partial charge is 0.339 e. The van der Waals surface area contributed by atoms with Crippen molar-refractivity contribution >= 4 is 30.7 Å². The van der Waals surface area contributed by atoms with Gasteiger partial charge in [-0.25, -0.2) is 0 Å². The molecule has 0 unspecified atom stereocenters. The van der Waals surface area contributed by atoms with Crippen LogP contribution < -0.4 is 5.32 Å². The Morgan fingerprint density at radius 1 is 0.964 bits per heavy atom. The van der Waals surface area contributed by atoms with Crippen molar-refractivity contribution < 1.29 is 4.79 Å². The Labute approximate surface area is 182 Å². The number of carbonyl (C=O) groups is 1. The van der Waals surface area contributed by atoms with Gasteiger partial charge < -0.3 is 10.2 Å². The van der Waals surface area contributed by atoms with E-state index in [0.29, 0.717) is 12.5 Å². The topological polar surface area (TPSA) is 38.8 Å². The Balaban J connectivity index is 0.00000196. The van der Waals surface area contributed by atoms with Crippen LogP contribution in [0.25, 0.3) is 0 Å². The molecular weight excluding hydrogens is 395 g/mol. The van der Waals surface area contributed by atoms with Gasteiger partial charge in [0.15, 0.2) is 0 Å². The van der Waals surface area contributed by atoms with Gasteiger partial charge in [-0.1, -0.05) is 30.3 Å². The van der Waals surface area contributed by atoms with Crippen LogP contribution >= 0.6 is 24.8 Å². The maximum atomic E-state index is 12.6. The lowest BCUT2D eigenvalue weighted by molar-refractivity contribution is -0.134. The van der Waals surface area contributed by atoms with Gasteiger partial charge in [-0.3, -0.25) is 14.6 Å². The van der Waals surface area contributed by atoms with Crippen LogP contribution in [0.4, 0.5) is 0 Å². The van der Waals surface area contributed by atoms with E-state index in [9.17, 15) is 4.79 Å². The Hall–Kier alpha value is -0.850. The molecule has 0 saturated carbocycles. The lowest BCUT2D eigenvalue weighted by atomic mass is 9.93. The molecule has 2 heterocycles. The summed E-state index contributed by atoms with van der Waals surface area (Å²) in [5.41, 5.74) is 1.36. The number of nitrogens with one attached hydrogen (secondary N) is 1. The number of amides is 1. The summed E-state index contributed by atoms with van der Waals surface area (Å²) in [4.78, 5) is 19.5. The van der Waals surface area contributed by atoms with E-state index < -0.39 is 0 Å². The van der Waals surface area contributed by atoms with Crippen LogP contribution in [0.3, 0.4) is 0 Å². The zero-order valence-electron chi connectivity index (χ0n) is 17.0. The van der Waals surface area contributed by atoms with Crippen molar-refractivity contribution in [3.05, 3.63) is 35.9 Å². The fourth-order valence-corrected chi connectivity index (χ4v) is 4.07. The molecule has 0 atom stereocenters. The van der Waals surface area contributed by atoms with E-state index in [4.69, 9.17) is 0 Å². The second-order valence-corrected chi connectivity index (χ2v) is 7.75. The van der Waals surface area contributed by atoms with E-state index >= 15 is 0 Å². The number of piperazine rings is 1. The standard InChI is InChI=1S/C21H34N4O.2ClH/c1-22-10-7-19-8-11-23(12-9-19)18-21(26)25-15-13-24(14-16-25)17-20-5-3-2-4-6-20;;/h2-6,19,22H,7-18H2,1H3;2*1H. The molecule has 0 radical (unpaired) electrons. The molecule has 160 valence electrons. The van der Waals surface area contributed by atoms with Gasteiger partial charge in [0.25, 0.3) is 0 Å². The fraction of sp³-hybridized carbons (Fsp3) is 0.667. The maximum absolute atomic E-state index is 12.6. The number of hydrogen-bond acceptors (Lipinski definition) is 4. The lowest BCUT2D eigenvalue weighted by Gasteiger charge is -2.37. The average molecular weight is 431 g/mol. The Morgan fingerprint density at radius 2 is 1.61 bits per heavy atom. The molecule has 1 N–H and O–H groups in total. The fourth-order valence-electron chi connectivity index (χ4n) is 4.07. The summed E-state index contributed by atoms with van der Waals surface area (Å²) in [6, 6.07) is 10.6. The first-order chi connectivity index (χ1) is 12.7.